The molecule has 6 nitrogen and oxygen atoms in total. The predicted molar refractivity (Wildman–Crippen MR) is 88.5 cm³/mol. The van der Waals surface area contributed by atoms with Crippen LogP contribution in [-0.4, -0.2) is 42.0 Å². The van der Waals surface area contributed by atoms with Gasteiger partial charge in [-0.15, -0.1) is 0 Å². The quantitative estimate of drug-likeness (QED) is 0.915. The molecule has 24 heavy (non-hydrogen) atoms. The molecule has 2 saturated heterocycles. The van der Waals surface area contributed by atoms with Gasteiger partial charge in [0.05, 0.1) is 17.9 Å². The number of rotatable bonds is 4. The summed E-state index contributed by atoms with van der Waals surface area (Å²) in [4.78, 5) is 25.9. The average molecular weight is 334 g/mol. The molecule has 1 aromatic heterocycles. The van der Waals surface area contributed by atoms with Gasteiger partial charge in [-0.2, -0.15) is 0 Å². The van der Waals surface area contributed by atoms with Crippen LogP contribution < -0.4 is 5.73 Å². The minimum Gasteiger partial charge on any atom is -0.468 e. The highest BCUT2D eigenvalue weighted by Gasteiger charge is 2.36. The number of primary amides is 1. The number of likely N-dealkylation sites (tertiary alicyclic amines) is 1. The van der Waals surface area contributed by atoms with Crippen molar-refractivity contribution in [2.24, 2.45) is 11.7 Å². The smallest absolute Gasteiger partial charge is 0.257 e. The van der Waals surface area contributed by atoms with Gasteiger partial charge in [-0.1, -0.05) is 13.8 Å². The zero-order chi connectivity index (χ0) is 17.3. The van der Waals surface area contributed by atoms with Gasteiger partial charge in [0.2, 0.25) is 5.91 Å². The maximum absolute atomic E-state index is 12.7. The Morgan fingerprint density at radius 2 is 1.92 bits per heavy atom. The van der Waals surface area contributed by atoms with Gasteiger partial charge >= 0.3 is 0 Å². The third-order valence-corrected chi connectivity index (χ3v) is 5.17. The topological polar surface area (TPSA) is 85.8 Å². The molecule has 0 bridgehead atoms. The number of nitrogens with zero attached hydrogens (tertiary/aromatic N) is 1. The SMILES string of the molecule is CC(C)c1occc1C(=O)N1CCC([C@@H]2CC[C@H](C(N)=O)O2)CC1. The second-order valence-corrected chi connectivity index (χ2v) is 7.13. The molecule has 0 spiro atoms. The lowest BCUT2D eigenvalue weighted by atomic mass is 9.89. The zero-order valence-electron chi connectivity index (χ0n) is 14.4. The number of carbonyl (C=O) groups is 2. The van der Waals surface area contributed by atoms with Gasteiger partial charge < -0.3 is 19.8 Å². The van der Waals surface area contributed by atoms with E-state index >= 15 is 0 Å². The lowest BCUT2D eigenvalue weighted by molar-refractivity contribution is -0.130. The van der Waals surface area contributed by atoms with Crippen LogP contribution in [0.4, 0.5) is 0 Å². The molecule has 1 aromatic rings. The summed E-state index contributed by atoms with van der Waals surface area (Å²) in [7, 11) is 0. The van der Waals surface area contributed by atoms with Crippen molar-refractivity contribution in [1.82, 2.24) is 4.90 Å². The summed E-state index contributed by atoms with van der Waals surface area (Å²) in [5.74, 6) is 1.02. The first-order valence-electron chi connectivity index (χ1n) is 8.78. The van der Waals surface area contributed by atoms with E-state index in [0.717, 1.165) is 25.0 Å². The Labute approximate surface area is 142 Å². The molecule has 0 unspecified atom stereocenters. The van der Waals surface area contributed by atoms with Crippen LogP contribution in [0.3, 0.4) is 0 Å². The van der Waals surface area contributed by atoms with Crippen molar-refractivity contribution in [1.29, 1.82) is 0 Å². The van der Waals surface area contributed by atoms with Crippen molar-refractivity contribution >= 4 is 11.8 Å². The second kappa shape index (κ2) is 6.97. The highest BCUT2D eigenvalue weighted by Crippen LogP contribution is 2.32. The summed E-state index contributed by atoms with van der Waals surface area (Å²) in [5.41, 5.74) is 5.99. The van der Waals surface area contributed by atoms with Gasteiger partial charge in [0.25, 0.3) is 5.91 Å². The van der Waals surface area contributed by atoms with Crippen molar-refractivity contribution in [2.75, 3.05) is 13.1 Å². The van der Waals surface area contributed by atoms with Gasteiger partial charge in [-0.3, -0.25) is 9.59 Å². The fraction of sp³-hybridized carbons (Fsp3) is 0.667. The Morgan fingerprint density at radius 3 is 2.50 bits per heavy atom. The molecule has 2 atom stereocenters. The molecular weight excluding hydrogens is 308 g/mol. The molecule has 2 N–H and O–H groups in total. The molecule has 0 radical (unpaired) electrons. The maximum atomic E-state index is 12.7. The Balaban J connectivity index is 1.56. The number of hydrogen-bond donors (Lipinski definition) is 1. The van der Waals surface area contributed by atoms with Crippen LogP contribution in [-0.2, 0) is 9.53 Å². The molecular formula is C18H26N2O4. The van der Waals surface area contributed by atoms with E-state index in [1.54, 1.807) is 12.3 Å². The molecule has 2 aliphatic rings. The first kappa shape index (κ1) is 17.0. The highest BCUT2D eigenvalue weighted by atomic mass is 16.5. The summed E-state index contributed by atoms with van der Waals surface area (Å²) >= 11 is 0. The van der Waals surface area contributed by atoms with E-state index in [2.05, 4.69) is 0 Å². The molecule has 0 aliphatic carbocycles. The predicted octanol–water partition coefficient (Wildman–Crippen LogP) is 2.29. The number of hydrogen-bond acceptors (Lipinski definition) is 4. The average Bonchev–Trinajstić information content (AvgIpc) is 3.23. The number of nitrogens with two attached hydrogens (primary N) is 1. The van der Waals surface area contributed by atoms with Crippen LogP contribution in [0.1, 0.15) is 61.6 Å². The fourth-order valence-corrected chi connectivity index (χ4v) is 3.81. The van der Waals surface area contributed by atoms with Gasteiger partial charge in [-0.05, 0) is 37.7 Å². The normalized spacial score (nSPS) is 25.4. The first-order valence-corrected chi connectivity index (χ1v) is 8.78. The van der Waals surface area contributed by atoms with Crippen molar-refractivity contribution in [2.45, 2.75) is 57.7 Å². The number of piperidine rings is 1. The Bertz CT molecular complexity index is 602. The minimum absolute atomic E-state index is 0.0493. The number of carbonyl (C=O) groups excluding carboxylic acids is 2. The number of ether oxygens (including phenoxy) is 1. The van der Waals surface area contributed by atoms with Gasteiger partial charge in [0.15, 0.2) is 0 Å². The standard InChI is InChI=1S/C18H26N2O4/c1-11(2)16-13(7-10-23-16)18(22)20-8-5-12(6-9-20)14-3-4-15(24-14)17(19)21/h7,10-12,14-15H,3-6,8-9H2,1-2H3,(H2,19,21)/t14-,15+/m0/s1. The molecule has 2 aliphatic heterocycles. The van der Waals surface area contributed by atoms with Crippen molar-refractivity contribution in [3.8, 4) is 0 Å². The lowest BCUT2D eigenvalue weighted by Crippen LogP contribution is -2.41. The van der Waals surface area contributed by atoms with Crippen LogP contribution in [0, 0.1) is 5.92 Å². The summed E-state index contributed by atoms with van der Waals surface area (Å²) in [6.45, 7) is 5.48. The second-order valence-electron chi connectivity index (χ2n) is 7.13. The third-order valence-electron chi connectivity index (χ3n) is 5.17. The molecule has 6 heteroatoms. The summed E-state index contributed by atoms with van der Waals surface area (Å²) < 4.78 is 11.3. The molecule has 2 fully saturated rings. The van der Waals surface area contributed by atoms with Crippen molar-refractivity contribution in [3.63, 3.8) is 0 Å². The van der Waals surface area contributed by atoms with Crippen LogP contribution in [0.5, 0.6) is 0 Å². The molecule has 3 heterocycles. The molecule has 0 saturated carbocycles. The molecule has 3 rings (SSSR count). The molecule has 2 amide bonds. The van der Waals surface area contributed by atoms with E-state index < -0.39 is 6.10 Å². The highest BCUT2D eigenvalue weighted by molar-refractivity contribution is 5.95. The van der Waals surface area contributed by atoms with Crippen LogP contribution in [0.15, 0.2) is 16.7 Å². The maximum Gasteiger partial charge on any atom is 0.257 e. The summed E-state index contributed by atoms with van der Waals surface area (Å²) in [6.07, 6.45) is 4.64. The van der Waals surface area contributed by atoms with E-state index in [1.807, 2.05) is 18.7 Å². The Hall–Kier alpha value is -1.82. The zero-order valence-corrected chi connectivity index (χ0v) is 14.4. The minimum atomic E-state index is -0.436. The molecule has 132 valence electrons. The fourth-order valence-electron chi connectivity index (χ4n) is 3.81. The van der Waals surface area contributed by atoms with Gasteiger partial charge in [-0.25, -0.2) is 0 Å². The van der Waals surface area contributed by atoms with Gasteiger partial charge in [0, 0.05) is 19.0 Å². The summed E-state index contributed by atoms with van der Waals surface area (Å²) in [6, 6.07) is 1.77. The third kappa shape index (κ3) is 3.34. The van der Waals surface area contributed by atoms with Crippen LogP contribution in [0.2, 0.25) is 0 Å². The first-order chi connectivity index (χ1) is 11.5. The number of amides is 2. The monoisotopic (exact) mass is 334 g/mol. The van der Waals surface area contributed by atoms with E-state index in [1.165, 1.54) is 0 Å². The van der Waals surface area contributed by atoms with E-state index in [9.17, 15) is 9.59 Å². The van der Waals surface area contributed by atoms with E-state index in [4.69, 9.17) is 14.9 Å². The Kier molecular flexibility index (Phi) is 4.94. The largest absolute Gasteiger partial charge is 0.468 e. The van der Waals surface area contributed by atoms with Crippen LogP contribution >= 0.6 is 0 Å². The summed E-state index contributed by atoms with van der Waals surface area (Å²) in [5, 5.41) is 0. The van der Waals surface area contributed by atoms with E-state index in [0.29, 0.717) is 31.0 Å². The Morgan fingerprint density at radius 1 is 1.21 bits per heavy atom. The number of furan rings is 1. The van der Waals surface area contributed by atoms with Crippen molar-refractivity contribution in [3.05, 3.63) is 23.7 Å². The van der Waals surface area contributed by atoms with E-state index in [-0.39, 0.29) is 23.8 Å². The van der Waals surface area contributed by atoms with Gasteiger partial charge in [0.1, 0.15) is 11.9 Å². The lowest BCUT2D eigenvalue weighted by Gasteiger charge is -2.34. The van der Waals surface area contributed by atoms with Crippen molar-refractivity contribution < 1.29 is 18.7 Å². The molecule has 0 aromatic carbocycles. The van der Waals surface area contributed by atoms with Crippen LogP contribution in [0.25, 0.3) is 0 Å².